The molecule has 2 aromatic heterocycles. The van der Waals surface area contributed by atoms with Crippen LogP contribution in [0.1, 0.15) is 31.5 Å². The van der Waals surface area contributed by atoms with E-state index in [1.54, 1.807) is 23.8 Å². The lowest BCUT2D eigenvalue weighted by Crippen LogP contribution is -2.23. The van der Waals surface area contributed by atoms with Gasteiger partial charge in [-0.1, -0.05) is 23.9 Å². The number of ether oxygens (including phenoxy) is 1. The highest BCUT2D eigenvalue weighted by Crippen LogP contribution is 2.38. The van der Waals surface area contributed by atoms with E-state index in [1.165, 1.54) is 18.3 Å². The number of carbonyl (C=O) groups is 1. The van der Waals surface area contributed by atoms with Crippen molar-refractivity contribution in [2.75, 3.05) is 12.0 Å². The van der Waals surface area contributed by atoms with Gasteiger partial charge in [-0.25, -0.2) is 9.67 Å². The molecule has 0 aliphatic heterocycles. The van der Waals surface area contributed by atoms with Gasteiger partial charge in [-0.15, -0.1) is 16.4 Å². The van der Waals surface area contributed by atoms with E-state index in [1.807, 2.05) is 34.3 Å². The number of methoxy groups -OCH3 is 1. The third-order valence-corrected chi connectivity index (χ3v) is 5.92. The molecule has 1 aliphatic carbocycles. The zero-order chi connectivity index (χ0) is 18.8. The molecule has 1 saturated carbocycles. The molecule has 0 radical (unpaired) electrons. The van der Waals surface area contributed by atoms with Crippen LogP contribution in [0.25, 0.3) is 0 Å². The van der Waals surface area contributed by atoms with Crippen molar-refractivity contribution in [2.45, 2.75) is 36.7 Å². The molecule has 0 saturated heterocycles. The minimum Gasteiger partial charge on any atom is -0.495 e. The van der Waals surface area contributed by atoms with E-state index < -0.39 is 0 Å². The van der Waals surface area contributed by atoms with E-state index in [0.717, 1.165) is 23.7 Å². The number of para-hydroxylation sites is 2. The maximum atomic E-state index is 12.3. The van der Waals surface area contributed by atoms with Crippen LogP contribution < -0.4 is 9.64 Å². The number of amides is 1. The average molecular weight is 403 g/mol. The molecule has 4 rings (SSSR count). The van der Waals surface area contributed by atoms with Gasteiger partial charge < -0.3 is 4.74 Å². The minimum absolute atomic E-state index is 0.120. The number of carbonyl (C=O) groups excluding carboxylic acids is 1. The monoisotopic (exact) mass is 402 g/mol. The number of rotatable bonds is 7. The summed E-state index contributed by atoms with van der Waals surface area (Å²) in [6.07, 6.45) is 2.26. The Labute approximate surface area is 164 Å². The largest absolute Gasteiger partial charge is 0.495 e. The molecule has 10 heteroatoms. The first-order valence-electron chi connectivity index (χ1n) is 8.46. The molecular weight excluding hydrogens is 384 g/mol. The SMILES string of the molecule is COc1ccccc1N(C(C)=O)c1nc(CSc2nnnn2C2CC2)cs1. The highest BCUT2D eigenvalue weighted by molar-refractivity contribution is 7.98. The Hall–Kier alpha value is -2.46. The molecule has 140 valence electrons. The number of nitrogens with zero attached hydrogens (tertiary/aromatic N) is 6. The van der Waals surface area contributed by atoms with E-state index in [9.17, 15) is 4.79 Å². The fourth-order valence-corrected chi connectivity index (χ4v) is 4.48. The summed E-state index contributed by atoms with van der Waals surface area (Å²) in [5.41, 5.74) is 1.56. The fraction of sp³-hybridized carbons (Fsp3) is 0.353. The summed E-state index contributed by atoms with van der Waals surface area (Å²) in [5, 5.41) is 15.3. The number of tetrazole rings is 1. The lowest BCUT2D eigenvalue weighted by atomic mass is 10.2. The van der Waals surface area contributed by atoms with E-state index in [-0.39, 0.29) is 5.91 Å². The summed E-state index contributed by atoms with van der Waals surface area (Å²) >= 11 is 2.98. The lowest BCUT2D eigenvalue weighted by molar-refractivity contribution is -0.115. The van der Waals surface area contributed by atoms with Gasteiger partial charge in [0, 0.05) is 18.1 Å². The normalized spacial score (nSPS) is 13.6. The van der Waals surface area contributed by atoms with Crippen molar-refractivity contribution in [3.63, 3.8) is 0 Å². The third-order valence-electron chi connectivity index (χ3n) is 4.08. The molecule has 3 aromatic rings. The smallest absolute Gasteiger partial charge is 0.230 e. The van der Waals surface area contributed by atoms with Crippen molar-refractivity contribution in [3.8, 4) is 5.75 Å². The first-order chi connectivity index (χ1) is 13.2. The van der Waals surface area contributed by atoms with Crippen LogP contribution in [0.4, 0.5) is 10.8 Å². The van der Waals surface area contributed by atoms with E-state index in [4.69, 9.17) is 4.74 Å². The molecular formula is C17H18N6O2S2. The summed E-state index contributed by atoms with van der Waals surface area (Å²) < 4.78 is 7.28. The molecule has 1 fully saturated rings. The topological polar surface area (TPSA) is 86.0 Å². The second-order valence-corrected chi connectivity index (χ2v) is 7.85. The second kappa shape index (κ2) is 7.65. The Bertz CT molecular complexity index is 952. The number of thiazole rings is 1. The quantitative estimate of drug-likeness (QED) is 0.560. The number of benzene rings is 1. The van der Waals surface area contributed by atoms with Crippen LogP contribution in [0.5, 0.6) is 5.75 Å². The first kappa shape index (κ1) is 17.9. The highest BCUT2D eigenvalue weighted by Gasteiger charge is 2.28. The van der Waals surface area contributed by atoms with E-state index in [2.05, 4.69) is 20.5 Å². The standard InChI is InChI=1S/C17H18N6O2S2/c1-11(24)22(14-5-3-4-6-15(14)25-2)16-18-12(9-26-16)10-27-17-19-20-21-23(17)13-7-8-13/h3-6,9,13H,7-8,10H2,1-2H3. The molecule has 0 spiro atoms. The van der Waals surface area contributed by atoms with Crippen LogP contribution >= 0.6 is 23.1 Å². The maximum Gasteiger partial charge on any atom is 0.230 e. The molecule has 0 atom stereocenters. The summed E-state index contributed by atoms with van der Waals surface area (Å²) in [4.78, 5) is 18.5. The predicted molar refractivity (Wildman–Crippen MR) is 104 cm³/mol. The van der Waals surface area contributed by atoms with Gasteiger partial charge in [0.25, 0.3) is 0 Å². The minimum atomic E-state index is -0.120. The number of hydrogen-bond acceptors (Lipinski definition) is 8. The van der Waals surface area contributed by atoms with Crippen LogP contribution in [0.15, 0.2) is 34.8 Å². The predicted octanol–water partition coefficient (Wildman–Crippen LogP) is 3.45. The molecule has 0 N–H and O–H groups in total. The second-order valence-electron chi connectivity index (χ2n) is 6.07. The van der Waals surface area contributed by atoms with Crippen molar-refractivity contribution < 1.29 is 9.53 Å². The van der Waals surface area contributed by atoms with Gasteiger partial charge in [-0.2, -0.15) is 0 Å². The van der Waals surface area contributed by atoms with Crippen LogP contribution in [0, 0.1) is 0 Å². The van der Waals surface area contributed by atoms with E-state index >= 15 is 0 Å². The van der Waals surface area contributed by atoms with Gasteiger partial charge in [-0.3, -0.25) is 9.69 Å². The Kier molecular flexibility index (Phi) is 5.08. The van der Waals surface area contributed by atoms with Crippen LogP contribution in [-0.4, -0.2) is 38.2 Å². The lowest BCUT2D eigenvalue weighted by Gasteiger charge is -2.20. The number of anilines is 2. The summed E-state index contributed by atoms with van der Waals surface area (Å²) in [6.45, 7) is 1.52. The molecule has 1 aromatic carbocycles. The highest BCUT2D eigenvalue weighted by atomic mass is 32.2. The Morgan fingerprint density at radius 2 is 2.22 bits per heavy atom. The molecule has 27 heavy (non-hydrogen) atoms. The third kappa shape index (κ3) is 3.81. The molecule has 0 unspecified atom stereocenters. The zero-order valence-electron chi connectivity index (χ0n) is 14.9. The molecule has 1 amide bonds. The van der Waals surface area contributed by atoms with Crippen LogP contribution in [0.2, 0.25) is 0 Å². The average Bonchev–Trinajstić information content (AvgIpc) is 3.22. The number of hydrogen-bond donors (Lipinski definition) is 0. The molecule has 2 heterocycles. The van der Waals surface area contributed by atoms with Gasteiger partial charge in [0.15, 0.2) is 5.13 Å². The van der Waals surface area contributed by atoms with Crippen molar-refractivity contribution >= 4 is 39.8 Å². The van der Waals surface area contributed by atoms with Gasteiger partial charge >= 0.3 is 0 Å². The Morgan fingerprint density at radius 3 is 2.96 bits per heavy atom. The zero-order valence-corrected chi connectivity index (χ0v) is 16.5. The van der Waals surface area contributed by atoms with Crippen LogP contribution in [0.3, 0.4) is 0 Å². The van der Waals surface area contributed by atoms with Crippen LogP contribution in [-0.2, 0) is 10.5 Å². The van der Waals surface area contributed by atoms with Gasteiger partial charge in [0.1, 0.15) is 5.75 Å². The summed E-state index contributed by atoms with van der Waals surface area (Å²) in [6, 6.07) is 7.85. The fourth-order valence-electron chi connectivity index (χ4n) is 2.65. The number of thioether (sulfide) groups is 1. The maximum absolute atomic E-state index is 12.3. The molecule has 8 nitrogen and oxygen atoms in total. The summed E-state index contributed by atoms with van der Waals surface area (Å²) in [5.74, 6) is 1.15. The van der Waals surface area contributed by atoms with Crippen molar-refractivity contribution in [1.82, 2.24) is 25.2 Å². The molecule has 0 bridgehead atoms. The Balaban J connectivity index is 1.53. The van der Waals surface area contributed by atoms with Gasteiger partial charge in [0.05, 0.1) is 24.5 Å². The van der Waals surface area contributed by atoms with E-state index in [0.29, 0.717) is 28.4 Å². The van der Waals surface area contributed by atoms with Crippen molar-refractivity contribution in [3.05, 3.63) is 35.3 Å². The number of aromatic nitrogens is 5. The first-order valence-corrected chi connectivity index (χ1v) is 10.3. The van der Waals surface area contributed by atoms with Gasteiger partial charge in [0.2, 0.25) is 11.1 Å². The Morgan fingerprint density at radius 1 is 1.41 bits per heavy atom. The van der Waals surface area contributed by atoms with Crippen molar-refractivity contribution in [2.24, 2.45) is 0 Å². The van der Waals surface area contributed by atoms with Gasteiger partial charge in [-0.05, 0) is 35.4 Å². The summed E-state index contributed by atoms with van der Waals surface area (Å²) in [7, 11) is 1.59. The van der Waals surface area contributed by atoms with Crippen molar-refractivity contribution in [1.29, 1.82) is 0 Å². The molecule has 1 aliphatic rings.